The van der Waals surface area contributed by atoms with E-state index in [0.717, 1.165) is 0 Å². The van der Waals surface area contributed by atoms with E-state index in [1.54, 1.807) is 0 Å². The standard InChI is InChI=1S/C8H6BrNO3/c1-2-3-13-10-8(11)6-4-7(9)12-5-6/h1,4-5H,3H2,(H,10,11). The van der Waals surface area contributed by atoms with E-state index in [1.165, 1.54) is 12.3 Å². The molecule has 1 N–H and O–H groups in total. The molecule has 0 bridgehead atoms. The Hall–Kier alpha value is -1.25. The zero-order chi connectivity index (χ0) is 9.68. The molecular formula is C8H6BrNO3. The maximum atomic E-state index is 11.1. The molecule has 1 amide bonds. The lowest BCUT2D eigenvalue weighted by atomic mass is 10.3. The van der Waals surface area contributed by atoms with Crippen LogP contribution in [0.25, 0.3) is 0 Å². The van der Waals surface area contributed by atoms with Gasteiger partial charge in [-0.15, -0.1) is 6.42 Å². The molecule has 0 atom stereocenters. The highest BCUT2D eigenvalue weighted by molar-refractivity contribution is 9.10. The lowest BCUT2D eigenvalue weighted by molar-refractivity contribution is 0.0437. The molecule has 1 heterocycles. The van der Waals surface area contributed by atoms with Gasteiger partial charge in [-0.05, 0) is 15.9 Å². The van der Waals surface area contributed by atoms with Crippen LogP contribution in [-0.4, -0.2) is 12.5 Å². The fraction of sp³-hybridized carbons (Fsp3) is 0.125. The summed E-state index contributed by atoms with van der Waals surface area (Å²) in [5, 5.41) is 0. The van der Waals surface area contributed by atoms with Crippen molar-refractivity contribution in [2.45, 2.75) is 0 Å². The quantitative estimate of drug-likeness (QED) is 0.495. The smallest absolute Gasteiger partial charge is 0.278 e. The number of rotatable bonds is 3. The Kier molecular flexibility index (Phi) is 3.55. The maximum absolute atomic E-state index is 11.1. The molecule has 0 unspecified atom stereocenters. The van der Waals surface area contributed by atoms with Crippen molar-refractivity contribution in [3.05, 3.63) is 22.6 Å². The van der Waals surface area contributed by atoms with Crippen LogP contribution in [0.5, 0.6) is 0 Å². The fourth-order valence-corrected chi connectivity index (χ4v) is 0.971. The van der Waals surface area contributed by atoms with Crippen LogP contribution in [0.3, 0.4) is 0 Å². The van der Waals surface area contributed by atoms with E-state index in [9.17, 15) is 4.79 Å². The third-order valence-corrected chi connectivity index (χ3v) is 1.57. The zero-order valence-electron chi connectivity index (χ0n) is 6.54. The largest absolute Gasteiger partial charge is 0.457 e. The number of hydroxylamine groups is 1. The first kappa shape index (κ1) is 9.84. The number of halogens is 1. The summed E-state index contributed by atoms with van der Waals surface area (Å²) in [6.45, 7) is 0.0325. The van der Waals surface area contributed by atoms with Crippen LogP contribution in [0.4, 0.5) is 0 Å². The molecule has 0 aliphatic carbocycles. The first-order chi connectivity index (χ1) is 6.24. The first-order valence-corrected chi connectivity index (χ1v) is 4.13. The number of amides is 1. The lowest BCUT2D eigenvalue weighted by Crippen LogP contribution is -2.23. The number of carbonyl (C=O) groups is 1. The van der Waals surface area contributed by atoms with Crippen LogP contribution in [-0.2, 0) is 4.84 Å². The molecule has 13 heavy (non-hydrogen) atoms. The van der Waals surface area contributed by atoms with Gasteiger partial charge in [0, 0.05) is 6.07 Å². The molecule has 0 aliphatic rings. The van der Waals surface area contributed by atoms with Crippen LogP contribution in [0, 0.1) is 12.3 Å². The molecule has 0 saturated heterocycles. The maximum Gasteiger partial charge on any atom is 0.278 e. The predicted octanol–water partition coefficient (Wildman–Crippen LogP) is 1.34. The number of terminal acetylenes is 1. The van der Waals surface area contributed by atoms with Gasteiger partial charge in [0.05, 0.1) is 5.56 Å². The second-order valence-electron chi connectivity index (χ2n) is 2.06. The number of hydrogen-bond donors (Lipinski definition) is 1. The Morgan fingerprint density at radius 2 is 2.62 bits per heavy atom. The van der Waals surface area contributed by atoms with Gasteiger partial charge in [-0.1, -0.05) is 5.92 Å². The minimum atomic E-state index is -0.398. The number of carbonyl (C=O) groups excluding carboxylic acids is 1. The van der Waals surface area contributed by atoms with E-state index in [2.05, 4.69) is 32.2 Å². The van der Waals surface area contributed by atoms with E-state index in [0.29, 0.717) is 10.2 Å². The molecule has 1 aromatic rings. The minimum Gasteiger partial charge on any atom is -0.457 e. The Labute approximate surface area is 83.3 Å². The second-order valence-corrected chi connectivity index (χ2v) is 2.85. The second kappa shape index (κ2) is 4.70. The average Bonchev–Trinajstić information content (AvgIpc) is 2.52. The van der Waals surface area contributed by atoms with Crippen molar-refractivity contribution in [3.63, 3.8) is 0 Å². The van der Waals surface area contributed by atoms with Gasteiger partial charge in [0.1, 0.15) is 12.9 Å². The highest BCUT2D eigenvalue weighted by Crippen LogP contribution is 2.13. The van der Waals surface area contributed by atoms with Gasteiger partial charge in [0.25, 0.3) is 5.91 Å². The zero-order valence-corrected chi connectivity index (χ0v) is 8.13. The first-order valence-electron chi connectivity index (χ1n) is 3.33. The van der Waals surface area contributed by atoms with Gasteiger partial charge < -0.3 is 4.42 Å². The van der Waals surface area contributed by atoms with Crippen LogP contribution in [0.2, 0.25) is 0 Å². The van der Waals surface area contributed by atoms with Crippen molar-refractivity contribution >= 4 is 21.8 Å². The molecular weight excluding hydrogens is 238 g/mol. The van der Waals surface area contributed by atoms with Crippen molar-refractivity contribution in [2.24, 2.45) is 0 Å². The summed E-state index contributed by atoms with van der Waals surface area (Å²) in [4.78, 5) is 15.8. The molecule has 0 spiro atoms. The molecule has 1 rings (SSSR count). The van der Waals surface area contributed by atoms with Crippen LogP contribution < -0.4 is 5.48 Å². The Bertz CT molecular complexity index is 339. The molecule has 0 aromatic carbocycles. The minimum absolute atomic E-state index is 0.0325. The number of furan rings is 1. The monoisotopic (exact) mass is 243 g/mol. The van der Waals surface area contributed by atoms with E-state index in [4.69, 9.17) is 10.8 Å². The predicted molar refractivity (Wildman–Crippen MR) is 48.7 cm³/mol. The third-order valence-electron chi connectivity index (χ3n) is 1.15. The van der Waals surface area contributed by atoms with E-state index < -0.39 is 5.91 Å². The van der Waals surface area contributed by atoms with E-state index >= 15 is 0 Å². The Morgan fingerprint density at radius 1 is 1.85 bits per heavy atom. The Morgan fingerprint density at radius 3 is 3.15 bits per heavy atom. The molecule has 0 aliphatic heterocycles. The summed E-state index contributed by atoms with van der Waals surface area (Å²) < 4.78 is 5.33. The summed E-state index contributed by atoms with van der Waals surface area (Å²) in [5.41, 5.74) is 2.52. The van der Waals surface area contributed by atoms with Gasteiger partial charge in [0.2, 0.25) is 0 Å². The number of hydrogen-bond acceptors (Lipinski definition) is 3. The molecule has 4 nitrogen and oxygen atoms in total. The molecule has 68 valence electrons. The van der Waals surface area contributed by atoms with Gasteiger partial charge in [-0.3, -0.25) is 9.63 Å². The van der Waals surface area contributed by atoms with E-state index in [-0.39, 0.29) is 6.61 Å². The molecule has 0 radical (unpaired) electrons. The molecule has 0 fully saturated rings. The molecule has 0 saturated carbocycles. The van der Waals surface area contributed by atoms with Gasteiger partial charge in [-0.25, -0.2) is 5.48 Å². The topological polar surface area (TPSA) is 51.5 Å². The van der Waals surface area contributed by atoms with Crippen LogP contribution in [0.15, 0.2) is 21.4 Å². The summed E-state index contributed by atoms with van der Waals surface area (Å²) in [7, 11) is 0. The average molecular weight is 244 g/mol. The summed E-state index contributed by atoms with van der Waals surface area (Å²) in [6.07, 6.45) is 6.21. The van der Waals surface area contributed by atoms with Gasteiger partial charge in [0.15, 0.2) is 4.67 Å². The van der Waals surface area contributed by atoms with Gasteiger partial charge >= 0.3 is 0 Å². The SMILES string of the molecule is C#CCONC(=O)c1coc(Br)c1. The molecule has 5 heteroatoms. The van der Waals surface area contributed by atoms with Crippen molar-refractivity contribution in [2.75, 3.05) is 6.61 Å². The van der Waals surface area contributed by atoms with E-state index in [1.807, 2.05) is 0 Å². The Balaban J connectivity index is 2.45. The van der Waals surface area contributed by atoms with Crippen molar-refractivity contribution in [3.8, 4) is 12.3 Å². The van der Waals surface area contributed by atoms with Crippen molar-refractivity contribution in [1.82, 2.24) is 5.48 Å². The molecule has 1 aromatic heterocycles. The number of nitrogens with one attached hydrogen (secondary N) is 1. The van der Waals surface area contributed by atoms with Crippen molar-refractivity contribution in [1.29, 1.82) is 0 Å². The van der Waals surface area contributed by atoms with Gasteiger partial charge in [-0.2, -0.15) is 0 Å². The summed E-state index contributed by atoms with van der Waals surface area (Å²) in [5.74, 6) is 1.81. The third kappa shape index (κ3) is 2.93. The van der Waals surface area contributed by atoms with Crippen molar-refractivity contribution < 1.29 is 14.0 Å². The summed E-state index contributed by atoms with van der Waals surface area (Å²) >= 11 is 3.06. The highest BCUT2D eigenvalue weighted by atomic mass is 79.9. The fourth-order valence-electron chi connectivity index (χ4n) is 0.631. The normalized spacial score (nSPS) is 9.23. The highest BCUT2D eigenvalue weighted by Gasteiger charge is 2.07. The lowest BCUT2D eigenvalue weighted by Gasteiger charge is -1.98. The van der Waals surface area contributed by atoms with Crippen LogP contribution in [0.1, 0.15) is 10.4 Å². The summed E-state index contributed by atoms with van der Waals surface area (Å²) in [6, 6.07) is 1.52. The van der Waals surface area contributed by atoms with Crippen LogP contribution >= 0.6 is 15.9 Å².